The van der Waals surface area contributed by atoms with Crippen LogP contribution in [0, 0.1) is 6.92 Å². The molecule has 2 amide bonds. The topological polar surface area (TPSA) is 74.5 Å². The first-order valence-electron chi connectivity index (χ1n) is 7.87. The SMILES string of the molecule is Cc1noc(CCCNC(=O)N2CCN(CC(F)(F)F)C(C)C2)n1. The Morgan fingerprint density at radius 3 is 2.75 bits per heavy atom. The maximum absolute atomic E-state index is 12.5. The fraction of sp³-hybridized carbons (Fsp3) is 0.786. The first-order valence-corrected chi connectivity index (χ1v) is 7.87. The van der Waals surface area contributed by atoms with Gasteiger partial charge in [0.1, 0.15) is 0 Å². The summed E-state index contributed by atoms with van der Waals surface area (Å²) in [5, 5.41) is 6.45. The first-order chi connectivity index (χ1) is 11.2. The number of nitrogens with one attached hydrogen (secondary N) is 1. The van der Waals surface area contributed by atoms with Gasteiger partial charge in [-0.2, -0.15) is 18.2 Å². The van der Waals surface area contributed by atoms with Gasteiger partial charge in [0.25, 0.3) is 0 Å². The van der Waals surface area contributed by atoms with Crippen LogP contribution in [0.5, 0.6) is 0 Å². The lowest BCUT2D eigenvalue weighted by Gasteiger charge is -2.39. The summed E-state index contributed by atoms with van der Waals surface area (Å²) in [7, 11) is 0. The number of rotatable bonds is 5. The number of urea groups is 1. The molecule has 1 aromatic rings. The number of hydrogen-bond acceptors (Lipinski definition) is 5. The van der Waals surface area contributed by atoms with Gasteiger partial charge in [-0.05, 0) is 20.3 Å². The summed E-state index contributed by atoms with van der Waals surface area (Å²) in [6.07, 6.45) is -3.00. The lowest BCUT2D eigenvalue weighted by molar-refractivity contribution is -0.153. The Bertz CT molecular complexity index is 549. The van der Waals surface area contributed by atoms with Gasteiger partial charge in [-0.3, -0.25) is 4.90 Å². The molecule has 1 fully saturated rings. The van der Waals surface area contributed by atoms with Crippen molar-refractivity contribution in [3.05, 3.63) is 11.7 Å². The molecule has 1 aromatic heterocycles. The van der Waals surface area contributed by atoms with Crippen LogP contribution >= 0.6 is 0 Å². The summed E-state index contributed by atoms with van der Waals surface area (Å²) < 4.78 is 42.4. The van der Waals surface area contributed by atoms with Gasteiger partial charge >= 0.3 is 12.2 Å². The van der Waals surface area contributed by atoms with E-state index in [0.29, 0.717) is 31.1 Å². The maximum Gasteiger partial charge on any atom is 0.401 e. The van der Waals surface area contributed by atoms with Crippen LogP contribution in [-0.2, 0) is 6.42 Å². The molecule has 1 aliphatic rings. The lowest BCUT2D eigenvalue weighted by atomic mass is 10.2. The number of piperazine rings is 1. The Kier molecular flexibility index (Phi) is 6.03. The molecule has 0 aliphatic carbocycles. The molecule has 0 radical (unpaired) electrons. The van der Waals surface area contributed by atoms with Gasteiger partial charge in [0, 0.05) is 38.6 Å². The molecular weight excluding hydrogens is 327 g/mol. The largest absolute Gasteiger partial charge is 0.401 e. The molecule has 0 bridgehead atoms. The van der Waals surface area contributed by atoms with E-state index in [2.05, 4.69) is 15.5 Å². The number of aromatic nitrogens is 2. The molecule has 1 N–H and O–H groups in total. The smallest absolute Gasteiger partial charge is 0.339 e. The molecular formula is C14H22F3N5O2. The minimum atomic E-state index is -4.22. The molecule has 2 heterocycles. The zero-order valence-electron chi connectivity index (χ0n) is 13.8. The molecule has 24 heavy (non-hydrogen) atoms. The second-order valence-electron chi connectivity index (χ2n) is 5.95. The maximum atomic E-state index is 12.5. The van der Waals surface area contributed by atoms with E-state index >= 15 is 0 Å². The Balaban J connectivity index is 1.68. The van der Waals surface area contributed by atoms with E-state index < -0.39 is 12.7 Å². The minimum absolute atomic E-state index is 0.218. The second-order valence-corrected chi connectivity index (χ2v) is 5.95. The summed E-state index contributed by atoms with van der Waals surface area (Å²) in [4.78, 5) is 19.0. The molecule has 7 nitrogen and oxygen atoms in total. The summed E-state index contributed by atoms with van der Waals surface area (Å²) in [6.45, 7) is 3.72. The zero-order valence-corrected chi connectivity index (χ0v) is 13.8. The molecule has 0 saturated carbocycles. The summed E-state index contributed by atoms with van der Waals surface area (Å²) in [6, 6.07) is -0.581. The van der Waals surface area contributed by atoms with Crippen LogP contribution < -0.4 is 5.32 Å². The van der Waals surface area contributed by atoms with Crippen LogP contribution in [-0.4, -0.2) is 70.9 Å². The van der Waals surface area contributed by atoms with E-state index in [4.69, 9.17) is 4.52 Å². The number of halogens is 3. The normalized spacial score (nSPS) is 19.5. The number of aryl methyl sites for hydroxylation is 2. The van der Waals surface area contributed by atoms with Gasteiger partial charge < -0.3 is 14.7 Å². The molecule has 0 aromatic carbocycles. The lowest BCUT2D eigenvalue weighted by Crippen LogP contribution is -2.57. The van der Waals surface area contributed by atoms with Crippen LogP contribution in [0.3, 0.4) is 0 Å². The van der Waals surface area contributed by atoms with E-state index in [-0.39, 0.29) is 31.7 Å². The Hall–Kier alpha value is -1.84. The third kappa shape index (κ3) is 5.66. The van der Waals surface area contributed by atoms with Gasteiger partial charge in [0.05, 0.1) is 6.54 Å². The van der Waals surface area contributed by atoms with Crippen molar-refractivity contribution < 1.29 is 22.5 Å². The van der Waals surface area contributed by atoms with Crippen molar-refractivity contribution in [3.8, 4) is 0 Å². The van der Waals surface area contributed by atoms with E-state index in [1.165, 1.54) is 4.90 Å². The summed E-state index contributed by atoms with van der Waals surface area (Å²) >= 11 is 0. The highest BCUT2D eigenvalue weighted by Gasteiger charge is 2.35. The Labute approximate surface area is 138 Å². The summed E-state index contributed by atoms with van der Waals surface area (Å²) in [5.41, 5.74) is 0. The highest BCUT2D eigenvalue weighted by molar-refractivity contribution is 5.74. The average molecular weight is 349 g/mol. The number of amides is 2. The fourth-order valence-electron chi connectivity index (χ4n) is 2.63. The van der Waals surface area contributed by atoms with Crippen LogP contribution in [0.15, 0.2) is 4.52 Å². The molecule has 1 saturated heterocycles. The molecule has 0 spiro atoms. The third-order valence-electron chi connectivity index (χ3n) is 3.85. The Morgan fingerprint density at radius 1 is 1.42 bits per heavy atom. The number of carbonyl (C=O) groups excluding carboxylic acids is 1. The minimum Gasteiger partial charge on any atom is -0.339 e. The van der Waals surface area contributed by atoms with E-state index in [1.807, 2.05) is 0 Å². The van der Waals surface area contributed by atoms with Gasteiger partial charge in [-0.15, -0.1) is 0 Å². The fourth-order valence-corrected chi connectivity index (χ4v) is 2.63. The number of alkyl halides is 3. The molecule has 2 rings (SSSR count). The van der Waals surface area contributed by atoms with Crippen molar-refractivity contribution in [2.45, 2.75) is 38.9 Å². The van der Waals surface area contributed by atoms with Gasteiger partial charge in [-0.1, -0.05) is 5.16 Å². The standard InChI is InChI=1S/C14H22F3N5O2/c1-10-8-21(6-7-22(10)9-14(15,16)17)13(23)18-5-3-4-12-19-11(2)20-24-12/h10H,3-9H2,1-2H3,(H,18,23). The predicted octanol–water partition coefficient (Wildman–Crippen LogP) is 1.59. The number of hydrogen-bond donors (Lipinski definition) is 1. The van der Waals surface area contributed by atoms with E-state index in [1.54, 1.807) is 18.7 Å². The van der Waals surface area contributed by atoms with Gasteiger partial charge in [-0.25, -0.2) is 4.79 Å². The van der Waals surface area contributed by atoms with Crippen molar-refractivity contribution in [1.29, 1.82) is 0 Å². The molecule has 1 aliphatic heterocycles. The van der Waals surface area contributed by atoms with Crippen LogP contribution in [0.25, 0.3) is 0 Å². The first kappa shape index (κ1) is 18.5. The predicted molar refractivity (Wildman–Crippen MR) is 79.4 cm³/mol. The summed E-state index contributed by atoms with van der Waals surface area (Å²) in [5.74, 6) is 1.09. The zero-order chi connectivity index (χ0) is 17.7. The molecule has 136 valence electrons. The highest BCUT2D eigenvalue weighted by atomic mass is 19.4. The van der Waals surface area contributed by atoms with Crippen molar-refractivity contribution in [2.24, 2.45) is 0 Å². The number of nitrogens with zero attached hydrogens (tertiary/aromatic N) is 4. The van der Waals surface area contributed by atoms with E-state index in [0.717, 1.165) is 0 Å². The van der Waals surface area contributed by atoms with Crippen molar-refractivity contribution >= 4 is 6.03 Å². The monoisotopic (exact) mass is 349 g/mol. The third-order valence-corrected chi connectivity index (χ3v) is 3.85. The van der Waals surface area contributed by atoms with Gasteiger partial charge in [0.15, 0.2) is 5.82 Å². The van der Waals surface area contributed by atoms with E-state index in [9.17, 15) is 18.0 Å². The average Bonchev–Trinajstić information content (AvgIpc) is 2.90. The number of carbonyl (C=O) groups is 1. The molecule has 10 heteroatoms. The van der Waals surface area contributed by atoms with Crippen LogP contribution in [0.4, 0.5) is 18.0 Å². The van der Waals surface area contributed by atoms with Crippen LogP contribution in [0.1, 0.15) is 25.1 Å². The van der Waals surface area contributed by atoms with Crippen molar-refractivity contribution in [1.82, 2.24) is 25.3 Å². The quantitative estimate of drug-likeness (QED) is 0.817. The van der Waals surface area contributed by atoms with Crippen LogP contribution in [0.2, 0.25) is 0 Å². The molecule has 1 atom stereocenters. The highest BCUT2D eigenvalue weighted by Crippen LogP contribution is 2.20. The second kappa shape index (κ2) is 7.82. The van der Waals surface area contributed by atoms with Gasteiger partial charge in [0.2, 0.25) is 5.89 Å². The Morgan fingerprint density at radius 2 is 2.17 bits per heavy atom. The van der Waals surface area contributed by atoms with Crippen molar-refractivity contribution in [3.63, 3.8) is 0 Å². The molecule has 1 unspecified atom stereocenters. The van der Waals surface area contributed by atoms with Crippen molar-refractivity contribution in [2.75, 3.05) is 32.7 Å².